The molecule has 2 aromatic carbocycles. The number of fused-ring (bicyclic) bond motifs is 1. The third-order valence-electron chi connectivity index (χ3n) is 3.51. The second kappa shape index (κ2) is 5.35. The van der Waals surface area contributed by atoms with Gasteiger partial charge in [0, 0.05) is 22.7 Å². The van der Waals surface area contributed by atoms with Crippen molar-refractivity contribution < 1.29 is 4.42 Å². The van der Waals surface area contributed by atoms with Crippen LogP contribution in [0.5, 0.6) is 0 Å². The molecular formula is C18H10N4O. The normalized spacial score (nSPS) is 10.6. The summed E-state index contributed by atoms with van der Waals surface area (Å²) in [5.41, 5.74) is 3.03. The minimum Gasteiger partial charge on any atom is -0.416 e. The van der Waals surface area contributed by atoms with E-state index in [2.05, 4.69) is 21.3 Å². The fourth-order valence-corrected chi connectivity index (χ4v) is 2.39. The predicted molar refractivity (Wildman–Crippen MR) is 85.2 cm³/mol. The van der Waals surface area contributed by atoms with Gasteiger partial charge >= 0.3 is 0 Å². The van der Waals surface area contributed by atoms with E-state index >= 15 is 0 Å². The molecule has 5 nitrogen and oxygen atoms in total. The minimum absolute atomic E-state index is 0.392. The molecule has 5 heteroatoms. The van der Waals surface area contributed by atoms with Crippen molar-refractivity contribution in [1.29, 1.82) is 5.26 Å². The van der Waals surface area contributed by atoms with Crippen molar-refractivity contribution >= 4 is 10.9 Å². The molecule has 0 bridgehead atoms. The molecule has 0 radical (unpaired) electrons. The Kier molecular flexibility index (Phi) is 3.06. The van der Waals surface area contributed by atoms with Crippen LogP contribution >= 0.6 is 0 Å². The number of aromatic nitrogens is 3. The number of nitrogens with zero attached hydrogens (tertiary/aromatic N) is 4. The van der Waals surface area contributed by atoms with E-state index in [1.54, 1.807) is 24.4 Å². The Hall–Kier alpha value is -3.52. The molecule has 108 valence electrons. The summed E-state index contributed by atoms with van der Waals surface area (Å²) in [6.07, 6.45) is 1.76. The Labute approximate surface area is 131 Å². The van der Waals surface area contributed by atoms with Crippen LogP contribution in [0.25, 0.3) is 33.8 Å². The monoisotopic (exact) mass is 298 g/mol. The Morgan fingerprint density at radius 2 is 1.70 bits per heavy atom. The average Bonchev–Trinajstić information content (AvgIpc) is 3.11. The smallest absolute Gasteiger partial charge is 0.248 e. The fourth-order valence-electron chi connectivity index (χ4n) is 2.39. The molecule has 4 rings (SSSR count). The van der Waals surface area contributed by atoms with Gasteiger partial charge in [0.15, 0.2) is 0 Å². The molecule has 0 saturated carbocycles. The van der Waals surface area contributed by atoms with Crippen LogP contribution in [0.4, 0.5) is 0 Å². The molecule has 0 N–H and O–H groups in total. The van der Waals surface area contributed by atoms with E-state index in [4.69, 9.17) is 9.68 Å². The quantitative estimate of drug-likeness (QED) is 0.562. The van der Waals surface area contributed by atoms with Crippen molar-refractivity contribution in [2.24, 2.45) is 0 Å². The number of rotatable bonds is 2. The molecule has 0 amide bonds. The standard InChI is InChI=1S/C18H10N4O/c19-11-12-3-1-4-14(9-12)17-21-22-18(23-17)15-6-7-16-13(10-15)5-2-8-20-16/h1-10H. The zero-order chi connectivity index (χ0) is 15.6. The lowest BCUT2D eigenvalue weighted by molar-refractivity contribution is 0.584. The molecule has 0 aliphatic rings. The molecule has 4 aromatic rings. The summed E-state index contributed by atoms with van der Waals surface area (Å²) in [6.45, 7) is 0. The molecule has 2 aromatic heterocycles. The maximum Gasteiger partial charge on any atom is 0.248 e. The minimum atomic E-state index is 0.392. The van der Waals surface area contributed by atoms with Crippen molar-refractivity contribution in [3.63, 3.8) is 0 Å². The van der Waals surface area contributed by atoms with Crippen LogP contribution in [-0.4, -0.2) is 15.2 Å². The highest BCUT2D eigenvalue weighted by Crippen LogP contribution is 2.26. The fraction of sp³-hybridized carbons (Fsp3) is 0. The Balaban J connectivity index is 1.75. The van der Waals surface area contributed by atoms with Crippen molar-refractivity contribution in [1.82, 2.24) is 15.2 Å². The molecule has 0 aliphatic carbocycles. The van der Waals surface area contributed by atoms with Crippen molar-refractivity contribution in [2.45, 2.75) is 0 Å². The number of nitriles is 1. The zero-order valence-corrected chi connectivity index (χ0v) is 12.0. The molecule has 2 heterocycles. The van der Waals surface area contributed by atoms with E-state index in [1.807, 2.05) is 36.4 Å². The molecule has 0 atom stereocenters. The lowest BCUT2D eigenvalue weighted by atomic mass is 10.1. The van der Waals surface area contributed by atoms with Crippen LogP contribution in [0.3, 0.4) is 0 Å². The maximum atomic E-state index is 8.97. The second-order valence-corrected chi connectivity index (χ2v) is 5.02. The average molecular weight is 298 g/mol. The van der Waals surface area contributed by atoms with Gasteiger partial charge in [-0.05, 0) is 42.5 Å². The van der Waals surface area contributed by atoms with Crippen LogP contribution in [0.1, 0.15) is 5.56 Å². The van der Waals surface area contributed by atoms with Crippen LogP contribution in [0, 0.1) is 11.3 Å². The largest absolute Gasteiger partial charge is 0.416 e. The SMILES string of the molecule is N#Cc1cccc(-c2nnc(-c3ccc4ncccc4c3)o2)c1. The lowest BCUT2D eigenvalue weighted by Crippen LogP contribution is -1.81. The summed E-state index contributed by atoms with van der Waals surface area (Å²) < 4.78 is 5.75. The van der Waals surface area contributed by atoms with Gasteiger partial charge in [0.2, 0.25) is 11.8 Å². The number of hydrogen-bond acceptors (Lipinski definition) is 5. The van der Waals surface area contributed by atoms with Crippen LogP contribution in [0.2, 0.25) is 0 Å². The molecular weight excluding hydrogens is 288 g/mol. The van der Waals surface area contributed by atoms with Crippen molar-refractivity contribution in [3.8, 4) is 29.0 Å². The Bertz CT molecular complexity index is 1050. The van der Waals surface area contributed by atoms with Crippen LogP contribution < -0.4 is 0 Å². The first-order valence-electron chi connectivity index (χ1n) is 7.03. The van der Waals surface area contributed by atoms with E-state index in [-0.39, 0.29) is 0 Å². The first-order valence-corrected chi connectivity index (χ1v) is 7.03. The zero-order valence-electron chi connectivity index (χ0n) is 12.0. The van der Waals surface area contributed by atoms with E-state index in [1.165, 1.54) is 0 Å². The van der Waals surface area contributed by atoms with Gasteiger partial charge in [-0.15, -0.1) is 10.2 Å². The van der Waals surface area contributed by atoms with Gasteiger partial charge in [0.05, 0.1) is 17.1 Å². The molecule has 23 heavy (non-hydrogen) atoms. The molecule has 0 fully saturated rings. The number of pyridine rings is 1. The predicted octanol–water partition coefficient (Wildman–Crippen LogP) is 3.82. The summed E-state index contributed by atoms with van der Waals surface area (Å²) in [5, 5.41) is 18.2. The van der Waals surface area contributed by atoms with E-state index in [0.29, 0.717) is 17.3 Å². The lowest BCUT2D eigenvalue weighted by Gasteiger charge is -1.99. The van der Waals surface area contributed by atoms with Gasteiger partial charge in [0.1, 0.15) is 0 Å². The van der Waals surface area contributed by atoms with Gasteiger partial charge < -0.3 is 4.42 Å². The highest BCUT2D eigenvalue weighted by Gasteiger charge is 2.11. The third-order valence-corrected chi connectivity index (χ3v) is 3.51. The second-order valence-electron chi connectivity index (χ2n) is 5.02. The maximum absolute atomic E-state index is 8.97. The van der Waals surface area contributed by atoms with Crippen molar-refractivity contribution in [2.75, 3.05) is 0 Å². The van der Waals surface area contributed by atoms with Gasteiger partial charge in [-0.25, -0.2) is 0 Å². The van der Waals surface area contributed by atoms with Crippen LogP contribution in [0.15, 0.2) is 65.2 Å². The molecule has 0 saturated heterocycles. The Morgan fingerprint density at radius 1 is 0.870 bits per heavy atom. The van der Waals surface area contributed by atoms with Gasteiger partial charge in [-0.3, -0.25) is 4.98 Å². The number of benzene rings is 2. The molecule has 0 aliphatic heterocycles. The number of hydrogen-bond donors (Lipinski definition) is 0. The van der Waals surface area contributed by atoms with E-state index < -0.39 is 0 Å². The molecule has 0 spiro atoms. The van der Waals surface area contributed by atoms with Gasteiger partial charge in [-0.1, -0.05) is 12.1 Å². The third kappa shape index (κ3) is 2.43. The summed E-state index contributed by atoms with van der Waals surface area (Å²) in [6, 6.07) is 18.8. The van der Waals surface area contributed by atoms with E-state index in [9.17, 15) is 0 Å². The van der Waals surface area contributed by atoms with Crippen LogP contribution in [-0.2, 0) is 0 Å². The Morgan fingerprint density at radius 3 is 2.52 bits per heavy atom. The van der Waals surface area contributed by atoms with E-state index in [0.717, 1.165) is 22.0 Å². The van der Waals surface area contributed by atoms with Crippen molar-refractivity contribution in [3.05, 3.63) is 66.4 Å². The summed E-state index contributed by atoms with van der Waals surface area (Å²) in [4.78, 5) is 4.29. The topological polar surface area (TPSA) is 75.6 Å². The molecule has 0 unspecified atom stereocenters. The first-order chi connectivity index (χ1) is 11.3. The summed E-state index contributed by atoms with van der Waals surface area (Å²) in [5.74, 6) is 0.830. The highest BCUT2D eigenvalue weighted by molar-refractivity contribution is 5.82. The van der Waals surface area contributed by atoms with Gasteiger partial charge in [-0.2, -0.15) is 5.26 Å². The highest BCUT2D eigenvalue weighted by atomic mass is 16.4. The summed E-state index contributed by atoms with van der Waals surface area (Å²) in [7, 11) is 0. The first kappa shape index (κ1) is 13.2. The summed E-state index contributed by atoms with van der Waals surface area (Å²) >= 11 is 0. The van der Waals surface area contributed by atoms with Gasteiger partial charge in [0.25, 0.3) is 0 Å².